The minimum absolute atomic E-state index is 0.240. The van der Waals surface area contributed by atoms with E-state index in [1.165, 1.54) is 16.3 Å². The van der Waals surface area contributed by atoms with E-state index in [-0.39, 0.29) is 11.6 Å². The maximum absolute atomic E-state index is 12.3. The molecular formula is C13H11N5OS. The summed E-state index contributed by atoms with van der Waals surface area (Å²) in [6.45, 7) is 3.80. The summed E-state index contributed by atoms with van der Waals surface area (Å²) in [5.74, 6) is -0.259. The molecule has 1 saturated heterocycles. The molecule has 0 spiro atoms. The number of nitrogens with one attached hydrogen (secondary N) is 2. The van der Waals surface area contributed by atoms with E-state index in [0.29, 0.717) is 10.8 Å². The largest absolute Gasteiger partial charge is 0.299 e. The summed E-state index contributed by atoms with van der Waals surface area (Å²) in [6.07, 6.45) is 1.66. The summed E-state index contributed by atoms with van der Waals surface area (Å²) >= 11 is 1.40. The van der Waals surface area contributed by atoms with Gasteiger partial charge in [-0.05, 0) is 12.1 Å². The molecule has 20 heavy (non-hydrogen) atoms. The third kappa shape index (κ3) is 2.26. The van der Waals surface area contributed by atoms with Gasteiger partial charge in [0.15, 0.2) is 5.71 Å². The zero-order chi connectivity index (χ0) is 13.9. The number of carbonyl (C=O) groups excluding carboxylic acids is 1. The highest BCUT2D eigenvalue weighted by atomic mass is 32.1. The van der Waals surface area contributed by atoms with Crippen LogP contribution in [0.25, 0.3) is 0 Å². The predicted molar refractivity (Wildman–Crippen MR) is 79.4 cm³/mol. The second-order valence-corrected chi connectivity index (χ2v) is 4.87. The third-order valence-corrected chi connectivity index (χ3v) is 3.33. The first-order valence-corrected chi connectivity index (χ1v) is 6.72. The van der Waals surface area contributed by atoms with E-state index in [2.05, 4.69) is 27.5 Å². The molecule has 7 heteroatoms. The van der Waals surface area contributed by atoms with Gasteiger partial charge in [0, 0.05) is 11.6 Å². The molecule has 2 aromatic rings. The molecule has 6 nitrogen and oxygen atoms in total. The van der Waals surface area contributed by atoms with Gasteiger partial charge in [0.05, 0.1) is 11.4 Å². The van der Waals surface area contributed by atoms with E-state index >= 15 is 0 Å². The molecule has 2 heterocycles. The lowest BCUT2D eigenvalue weighted by molar-refractivity contribution is -0.112. The Balaban J connectivity index is 1.82. The van der Waals surface area contributed by atoms with Crippen LogP contribution in [0.3, 0.4) is 0 Å². The van der Waals surface area contributed by atoms with E-state index in [4.69, 9.17) is 0 Å². The van der Waals surface area contributed by atoms with Crippen molar-refractivity contribution in [3.05, 3.63) is 54.2 Å². The van der Waals surface area contributed by atoms with Crippen LogP contribution in [0.15, 0.2) is 59.3 Å². The van der Waals surface area contributed by atoms with Crippen LogP contribution in [-0.4, -0.2) is 16.6 Å². The number of anilines is 2. The maximum atomic E-state index is 12.3. The van der Waals surface area contributed by atoms with Crippen LogP contribution in [0, 0.1) is 0 Å². The van der Waals surface area contributed by atoms with Crippen molar-refractivity contribution in [2.24, 2.45) is 5.10 Å². The highest BCUT2D eigenvalue weighted by Gasteiger charge is 2.32. The highest BCUT2D eigenvalue weighted by Crippen LogP contribution is 2.18. The molecule has 1 aromatic carbocycles. The molecule has 1 aromatic heterocycles. The van der Waals surface area contributed by atoms with Crippen LogP contribution in [0.1, 0.15) is 0 Å². The molecule has 0 bridgehead atoms. The van der Waals surface area contributed by atoms with Gasteiger partial charge in [-0.15, -0.1) is 11.3 Å². The van der Waals surface area contributed by atoms with E-state index in [1.807, 2.05) is 35.7 Å². The van der Waals surface area contributed by atoms with Crippen LogP contribution >= 0.6 is 11.3 Å². The minimum atomic E-state index is -0.259. The number of amides is 1. The quantitative estimate of drug-likeness (QED) is 0.846. The lowest BCUT2D eigenvalue weighted by atomic mass is 10.3. The number of nitrogens with zero attached hydrogens (tertiary/aromatic N) is 3. The van der Waals surface area contributed by atoms with Crippen molar-refractivity contribution in [1.29, 1.82) is 0 Å². The van der Waals surface area contributed by atoms with Crippen molar-refractivity contribution in [2.75, 3.05) is 10.4 Å². The van der Waals surface area contributed by atoms with Crippen LogP contribution in [0.5, 0.6) is 0 Å². The number of hydrogen-bond acceptors (Lipinski definition) is 6. The number of hydrogen-bond donors (Lipinski definition) is 2. The average molecular weight is 285 g/mol. The molecule has 0 aliphatic carbocycles. The molecule has 100 valence electrons. The molecule has 1 aliphatic heterocycles. The minimum Gasteiger partial charge on any atom is -0.289 e. The number of hydrazone groups is 1. The number of hydrazine groups is 1. The summed E-state index contributed by atoms with van der Waals surface area (Å²) in [7, 11) is 0. The molecule has 1 amide bonds. The smallest absolute Gasteiger partial charge is 0.289 e. The fourth-order valence-corrected chi connectivity index (χ4v) is 2.20. The van der Waals surface area contributed by atoms with Crippen molar-refractivity contribution in [1.82, 2.24) is 10.4 Å². The van der Waals surface area contributed by atoms with E-state index in [9.17, 15) is 4.79 Å². The topological polar surface area (TPSA) is 69.6 Å². The van der Waals surface area contributed by atoms with Crippen molar-refractivity contribution in [3.8, 4) is 0 Å². The maximum Gasteiger partial charge on any atom is 0.299 e. The number of carbonyl (C=O) groups is 1. The Labute approximate surface area is 119 Å². The highest BCUT2D eigenvalue weighted by molar-refractivity contribution is 7.13. The van der Waals surface area contributed by atoms with Crippen molar-refractivity contribution in [3.63, 3.8) is 0 Å². The lowest BCUT2D eigenvalue weighted by Gasteiger charge is -2.14. The molecular weight excluding hydrogens is 274 g/mol. The Bertz CT molecular complexity index is 665. The van der Waals surface area contributed by atoms with Gasteiger partial charge in [0.2, 0.25) is 5.13 Å². The van der Waals surface area contributed by atoms with Crippen molar-refractivity contribution in [2.45, 2.75) is 0 Å². The van der Waals surface area contributed by atoms with Gasteiger partial charge in [-0.3, -0.25) is 15.6 Å². The van der Waals surface area contributed by atoms with E-state index in [1.54, 1.807) is 6.20 Å². The summed E-state index contributed by atoms with van der Waals surface area (Å²) in [6, 6.07) is 9.26. The van der Waals surface area contributed by atoms with Crippen LogP contribution in [-0.2, 0) is 4.79 Å². The molecule has 3 rings (SSSR count). The normalized spacial score (nSPS) is 16.6. The number of para-hydroxylation sites is 1. The van der Waals surface area contributed by atoms with Crippen molar-refractivity contribution >= 4 is 33.8 Å². The molecule has 1 fully saturated rings. The molecule has 0 saturated carbocycles. The van der Waals surface area contributed by atoms with Gasteiger partial charge in [-0.25, -0.2) is 9.99 Å². The van der Waals surface area contributed by atoms with E-state index in [0.717, 1.165) is 5.69 Å². The van der Waals surface area contributed by atoms with Crippen LogP contribution < -0.4 is 15.9 Å². The van der Waals surface area contributed by atoms with Crippen molar-refractivity contribution < 1.29 is 4.79 Å². The Morgan fingerprint density at radius 1 is 1.35 bits per heavy atom. The summed E-state index contributed by atoms with van der Waals surface area (Å²) < 4.78 is 0. The van der Waals surface area contributed by atoms with Gasteiger partial charge in [0.1, 0.15) is 0 Å². The molecule has 0 unspecified atom stereocenters. The first kappa shape index (κ1) is 12.4. The number of aromatic nitrogens is 1. The number of thiazole rings is 1. The van der Waals surface area contributed by atoms with Gasteiger partial charge >= 0.3 is 0 Å². The first-order chi connectivity index (χ1) is 9.75. The zero-order valence-corrected chi connectivity index (χ0v) is 11.2. The Hall–Kier alpha value is -2.67. The van der Waals surface area contributed by atoms with Gasteiger partial charge in [-0.1, -0.05) is 24.8 Å². The molecule has 2 N–H and O–H groups in total. The Morgan fingerprint density at radius 3 is 2.85 bits per heavy atom. The van der Waals surface area contributed by atoms with Crippen LogP contribution in [0.2, 0.25) is 0 Å². The fraction of sp³-hybridized carbons (Fsp3) is 0. The molecule has 0 atom stereocenters. The summed E-state index contributed by atoms with van der Waals surface area (Å²) in [4.78, 5) is 16.3. The second-order valence-electron chi connectivity index (χ2n) is 3.98. The first-order valence-electron chi connectivity index (χ1n) is 5.84. The Kier molecular flexibility index (Phi) is 3.18. The average Bonchev–Trinajstić information content (AvgIpc) is 3.07. The monoisotopic (exact) mass is 285 g/mol. The second kappa shape index (κ2) is 5.14. The standard InChI is InChI=1S/C13H11N5OS/c1-9-11(15-16-13-14-7-8-20-13)12(19)18(17-9)10-5-3-2-4-6-10/h2-8,17H,1H2,(H,14,16)/b15-11+. The zero-order valence-electron chi connectivity index (χ0n) is 10.4. The Morgan fingerprint density at radius 2 is 2.15 bits per heavy atom. The SMILES string of the molecule is C=C1NN(c2ccccc2)C(=O)/C1=N/Nc1nccs1. The fourth-order valence-electron chi connectivity index (χ4n) is 1.73. The summed E-state index contributed by atoms with van der Waals surface area (Å²) in [5.41, 5.74) is 7.07. The number of rotatable bonds is 3. The van der Waals surface area contributed by atoms with E-state index < -0.39 is 0 Å². The molecule has 0 radical (unpaired) electrons. The summed E-state index contributed by atoms with van der Waals surface area (Å²) in [5, 5.41) is 7.92. The van der Waals surface area contributed by atoms with Crippen LogP contribution in [0.4, 0.5) is 10.8 Å². The van der Waals surface area contributed by atoms with Gasteiger partial charge in [0.25, 0.3) is 5.91 Å². The van der Waals surface area contributed by atoms with Gasteiger partial charge < -0.3 is 0 Å². The third-order valence-electron chi connectivity index (χ3n) is 2.65. The lowest BCUT2D eigenvalue weighted by Crippen LogP contribution is -2.34. The molecule has 1 aliphatic rings. The predicted octanol–water partition coefficient (Wildman–Crippen LogP) is 1.98. The van der Waals surface area contributed by atoms with Gasteiger partial charge in [-0.2, -0.15) is 5.10 Å². The number of benzene rings is 1.